The van der Waals surface area contributed by atoms with Gasteiger partial charge in [0.25, 0.3) is 0 Å². The van der Waals surface area contributed by atoms with Gasteiger partial charge < -0.3 is 20.5 Å². The number of methoxy groups -OCH3 is 2. The van der Waals surface area contributed by atoms with E-state index in [1.54, 1.807) is 18.2 Å². The molecular formula is C11H14N2O4. The van der Waals surface area contributed by atoms with Crippen LogP contribution < -0.4 is 20.5 Å². The number of nitrogens with two attached hydrogens (primary N) is 1. The topological polar surface area (TPSA) is 90.7 Å². The molecule has 0 bridgehead atoms. The third-order valence-corrected chi connectivity index (χ3v) is 2.15. The Morgan fingerprint density at radius 2 is 2.00 bits per heavy atom. The summed E-state index contributed by atoms with van der Waals surface area (Å²) in [5.41, 5.74) is 5.52. The van der Waals surface area contributed by atoms with Crippen LogP contribution in [-0.2, 0) is 16.1 Å². The fraction of sp³-hybridized carbons (Fsp3) is 0.273. The summed E-state index contributed by atoms with van der Waals surface area (Å²) >= 11 is 0. The molecule has 0 aliphatic carbocycles. The largest absolute Gasteiger partial charge is 0.497 e. The zero-order valence-corrected chi connectivity index (χ0v) is 9.65. The van der Waals surface area contributed by atoms with E-state index in [1.165, 1.54) is 14.2 Å². The van der Waals surface area contributed by atoms with Crippen LogP contribution in [0.4, 0.5) is 0 Å². The van der Waals surface area contributed by atoms with Crippen molar-refractivity contribution in [2.45, 2.75) is 6.54 Å². The average Bonchev–Trinajstić information content (AvgIpc) is 2.35. The summed E-state index contributed by atoms with van der Waals surface area (Å²) in [7, 11) is 3.05. The fourth-order valence-electron chi connectivity index (χ4n) is 1.28. The highest BCUT2D eigenvalue weighted by atomic mass is 16.5. The number of hydrogen-bond donors (Lipinski definition) is 2. The van der Waals surface area contributed by atoms with Crippen LogP contribution in [-0.4, -0.2) is 26.0 Å². The van der Waals surface area contributed by atoms with Crippen LogP contribution >= 0.6 is 0 Å². The summed E-state index contributed by atoms with van der Waals surface area (Å²) in [4.78, 5) is 21.6. The Morgan fingerprint density at radius 1 is 1.29 bits per heavy atom. The molecule has 0 radical (unpaired) electrons. The predicted molar refractivity (Wildman–Crippen MR) is 60.6 cm³/mol. The van der Waals surface area contributed by atoms with Crippen molar-refractivity contribution in [1.82, 2.24) is 5.32 Å². The first-order valence-electron chi connectivity index (χ1n) is 4.87. The number of hydrogen-bond acceptors (Lipinski definition) is 4. The molecule has 0 unspecified atom stereocenters. The fourth-order valence-corrected chi connectivity index (χ4v) is 1.28. The van der Waals surface area contributed by atoms with E-state index in [4.69, 9.17) is 15.2 Å². The van der Waals surface area contributed by atoms with Crippen molar-refractivity contribution in [3.63, 3.8) is 0 Å². The van der Waals surface area contributed by atoms with Crippen LogP contribution in [0.2, 0.25) is 0 Å². The Bertz CT molecular complexity index is 431. The van der Waals surface area contributed by atoms with Gasteiger partial charge in [-0.3, -0.25) is 9.59 Å². The number of nitrogens with one attached hydrogen (secondary N) is 1. The Labute approximate surface area is 98.7 Å². The molecule has 0 aromatic heterocycles. The van der Waals surface area contributed by atoms with Gasteiger partial charge in [-0.1, -0.05) is 0 Å². The molecule has 2 amide bonds. The summed E-state index contributed by atoms with van der Waals surface area (Å²) in [6.07, 6.45) is 0. The number of primary amides is 1. The molecule has 0 heterocycles. The summed E-state index contributed by atoms with van der Waals surface area (Å²) in [5, 5.41) is 2.38. The highest BCUT2D eigenvalue weighted by molar-refractivity contribution is 6.34. The van der Waals surface area contributed by atoms with E-state index in [1.807, 2.05) is 0 Å². The summed E-state index contributed by atoms with van der Waals surface area (Å²) in [6, 6.07) is 5.16. The molecule has 1 aromatic rings. The lowest BCUT2D eigenvalue weighted by atomic mass is 10.2. The first-order valence-corrected chi connectivity index (χ1v) is 4.87. The molecule has 0 saturated heterocycles. The molecule has 0 aliphatic heterocycles. The third kappa shape index (κ3) is 3.37. The van der Waals surface area contributed by atoms with Crippen LogP contribution in [0.1, 0.15) is 5.56 Å². The van der Waals surface area contributed by atoms with Gasteiger partial charge >= 0.3 is 11.8 Å². The van der Waals surface area contributed by atoms with Gasteiger partial charge in [0.2, 0.25) is 0 Å². The van der Waals surface area contributed by atoms with Crippen molar-refractivity contribution >= 4 is 11.8 Å². The Morgan fingerprint density at radius 3 is 2.53 bits per heavy atom. The summed E-state index contributed by atoms with van der Waals surface area (Å²) in [6.45, 7) is 0.141. The molecule has 17 heavy (non-hydrogen) atoms. The summed E-state index contributed by atoms with van der Waals surface area (Å²) < 4.78 is 10.2. The maximum atomic E-state index is 11.0. The molecule has 92 valence electrons. The normalized spacial score (nSPS) is 9.53. The van der Waals surface area contributed by atoms with Gasteiger partial charge in [0, 0.05) is 12.1 Å². The highest BCUT2D eigenvalue weighted by Crippen LogP contribution is 2.23. The predicted octanol–water partition coefficient (Wildman–Crippen LogP) is -0.195. The minimum atomic E-state index is -1.02. The van der Waals surface area contributed by atoms with Crippen molar-refractivity contribution < 1.29 is 19.1 Å². The SMILES string of the molecule is COc1ccc(OC)c(CNC(=O)C(N)=O)c1. The average molecular weight is 238 g/mol. The number of ether oxygens (including phenoxy) is 2. The molecule has 0 fully saturated rings. The molecule has 3 N–H and O–H groups in total. The Kier molecular flexibility index (Phi) is 4.33. The molecular weight excluding hydrogens is 224 g/mol. The van der Waals surface area contributed by atoms with Crippen LogP contribution in [0, 0.1) is 0 Å². The molecule has 6 heteroatoms. The van der Waals surface area contributed by atoms with E-state index in [0.717, 1.165) is 0 Å². The van der Waals surface area contributed by atoms with E-state index >= 15 is 0 Å². The molecule has 1 rings (SSSR count). The maximum Gasteiger partial charge on any atom is 0.309 e. The van der Waals surface area contributed by atoms with E-state index < -0.39 is 11.8 Å². The number of benzene rings is 1. The van der Waals surface area contributed by atoms with Gasteiger partial charge in [0.05, 0.1) is 14.2 Å². The lowest BCUT2D eigenvalue weighted by molar-refractivity contribution is -0.137. The second-order valence-corrected chi connectivity index (χ2v) is 3.22. The Balaban J connectivity index is 2.81. The van der Waals surface area contributed by atoms with E-state index in [2.05, 4.69) is 5.32 Å². The van der Waals surface area contributed by atoms with Crippen LogP contribution in [0.3, 0.4) is 0 Å². The van der Waals surface area contributed by atoms with Crippen molar-refractivity contribution in [3.8, 4) is 11.5 Å². The molecule has 1 aromatic carbocycles. The van der Waals surface area contributed by atoms with Crippen LogP contribution in [0.25, 0.3) is 0 Å². The summed E-state index contributed by atoms with van der Waals surface area (Å²) in [5.74, 6) is -0.633. The van der Waals surface area contributed by atoms with E-state index in [9.17, 15) is 9.59 Å². The van der Waals surface area contributed by atoms with Gasteiger partial charge in [0.15, 0.2) is 0 Å². The van der Waals surface area contributed by atoms with Crippen LogP contribution in [0.15, 0.2) is 18.2 Å². The number of amides is 2. The van der Waals surface area contributed by atoms with E-state index in [-0.39, 0.29) is 6.54 Å². The monoisotopic (exact) mass is 238 g/mol. The van der Waals surface area contributed by atoms with Crippen molar-refractivity contribution in [3.05, 3.63) is 23.8 Å². The van der Waals surface area contributed by atoms with Crippen molar-refractivity contribution in [1.29, 1.82) is 0 Å². The lowest BCUT2D eigenvalue weighted by Gasteiger charge is -2.10. The van der Waals surface area contributed by atoms with Crippen molar-refractivity contribution in [2.75, 3.05) is 14.2 Å². The second kappa shape index (κ2) is 5.74. The van der Waals surface area contributed by atoms with Crippen molar-refractivity contribution in [2.24, 2.45) is 5.73 Å². The maximum absolute atomic E-state index is 11.0. The standard InChI is InChI=1S/C11H14N2O4/c1-16-8-3-4-9(17-2)7(5-8)6-13-11(15)10(12)14/h3-5H,6H2,1-2H3,(H2,12,14)(H,13,15). The smallest absolute Gasteiger partial charge is 0.309 e. The first kappa shape index (κ1) is 12.8. The minimum absolute atomic E-state index is 0.141. The molecule has 0 spiro atoms. The van der Waals surface area contributed by atoms with E-state index in [0.29, 0.717) is 17.1 Å². The van der Waals surface area contributed by atoms with Gasteiger partial charge in [-0.2, -0.15) is 0 Å². The molecule has 6 nitrogen and oxygen atoms in total. The third-order valence-electron chi connectivity index (χ3n) is 2.15. The van der Waals surface area contributed by atoms with Gasteiger partial charge in [-0.25, -0.2) is 0 Å². The van der Waals surface area contributed by atoms with Gasteiger partial charge in [-0.05, 0) is 18.2 Å². The second-order valence-electron chi connectivity index (χ2n) is 3.22. The first-order chi connectivity index (χ1) is 8.08. The molecule has 0 saturated carbocycles. The zero-order chi connectivity index (χ0) is 12.8. The van der Waals surface area contributed by atoms with Gasteiger partial charge in [-0.15, -0.1) is 0 Å². The number of carbonyl (C=O) groups excluding carboxylic acids is 2. The minimum Gasteiger partial charge on any atom is -0.497 e. The number of carbonyl (C=O) groups is 2. The highest BCUT2D eigenvalue weighted by Gasteiger charge is 2.10. The van der Waals surface area contributed by atoms with Gasteiger partial charge in [0.1, 0.15) is 11.5 Å². The molecule has 0 atom stereocenters. The van der Waals surface area contributed by atoms with Crippen LogP contribution in [0.5, 0.6) is 11.5 Å². The zero-order valence-electron chi connectivity index (χ0n) is 9.65. The number of rotatable bonds is 4. The quantitative estimate of drug-likeness (QED) is 0.711. The molecule has 0 aliphatic rings. The lowest BCUT2D eigenvalue weighted by Crippen LogP contribution is -2.35. The Hall–Kier alpha value is -2.24.